The van der Waals surface area contributed by atoms with Gasteiger partial charge >= 0.3 is 0 Å². The van der Waals surface area contributed by atoms with Gasteiger partial charge in [-0.15, -0.1) is 6.42 Å². The lowest BCUT2D eigenvalue weighted by Crippen LogP contribution is -2.21. The van der Waals surface area contributed by atoms with Gasteiger partial charge in [-0.2, -0.15) is 0 Å². The Morgan fingerprint density at radius 2 is 1.55 bits per heavy atom. The van der Waals surface area contributed by atoms with Gasteiger partial charge in [0, 0.05) is 6.07 Å². The van der Waals surface area contributed by atoms with E-state index in [9.17, 15) is 10.4 Å². The van der Waals surface area contributed by atoms with Gasteiger partial charge in [0.15, 0.2) is 0 Å². The van der Waals surface area contributed by atoms with Gasteiger partial charge in [-0.05, 0) is 24.3 Å². The maximum Gasteiger partial charge on any atom is 0.148 e. The number of anilines is 4. The summed E-state index contributed by atoms with van der Waals surface area (Å²) in [7, 11) is 0. The predicted octanol–water partition coefficient (Wildman–Crippen LogP) is 3.28. The third kappa shape index (κ3) is 1.84. The molecule has 0 bridgehead atoms. The summed E-state index contributed by atoms with van der Waals surface area (Å²) in [6.45, 7) is 0.106. The summed E-state index contributed by atoms with van der Waals surface area (Å²) < 4.78 is 5.27. The second-order valence-electron chi connectivity index (χ2n) is 4.22. The fourth-order valence-corrected chi connectivity index (χ4v) is 2.12. The number of hydrogen-bond acceptors (Lipinski definition) is 5. The van der Waals surface area contributed by atoms with Crippen LogP contribution in [0.5, 0.6) is 5.75 Å². The number of hydrogen-bond donors (Lipinski definition) is 0. The lowest BCUT2D eigenvalue weighted by molar-refractivity contribution is 0.370. The van der Waals surface area contributed by atoms with Crippen LogP contribution in [-0.2, 0) is 0 Å². The highest BCUT2D eigenvalue weighted by Gasteiger charge is 2.18. The molecule has 0 fully saturated rings. The van der Waals surface area contributed by atoms with Gasteiger partial charge in [-0.1, -0.05) is 18.1 Å². The van der Waals surface area contributed by atoms with Crippen molar-refractivity contribution in [2.75, 3.05) is 16.7 Å². The van der Waals surface area contributed by atoms with Crippen molar-refractivity contribution in [3.05, 3.63) is 52.9 Å². The summed E-state index contributed by atoms with van der Waals surface area (Å²) in [5, 5.41) is 26.1. The van der Waals surface area contributed by atoms with Crippen molar-refractivity contribution in [1.29, 1.82) is 0 Å². The van der Waals surface area contributed by atoms with Crippen LogP contribution in [0.3, 0.4) is 0 Å². The summed E-state index contributed by atoms with van der Waals surface area (Å²) >= 11 is 0. The normalized spacial score (nSPS) is 12.4. The van der Waals surface area contributed by atoms with Gasteiger partial charge in [0.2, 0.25) is 0 Å². The molecule has 5 heteroatoms. The zero-order valence-electron chi connectivity index (χ0n) is 10.4. The molecule has 0 N–H and O–H groups in total. The van der Waals surface area contributed by atoms with Crippen molar-refractivity contribution in [2.45, 2.75) is 0 Å². The summed E-state index contributed by atoms with van der Waals surface area (Å²) in [5.74, 6) is 2.80. The van der Waals surface area contributed by atoms with E-state index < -0.39 is 0 Å². The van der Waals surface area contributed by atoms with Crippen LogP contribution in [0.4, 0.5) is 22.7 Å². The van der Waals surface area contributed by atoms with Crippen LogP contribution in [0.25, 0.3) is 0 Å². The fraction of sp³-hybridized carbons (Fsp3) is 0.0667. The maximum atomic E-state index is 12.3. The van der Waals surface area contributed by atoms with Crippen molar-refractivity contribution < 1.29 is 4.74 Å². The molecule has 0 aliphatic carbocycles. The minimum Gasteiger partial charge on any atom is -0.754 e. The van der Waals surface area contributed by atoms with E-state index in [1.54, 1.807) is 36.4 Å². The molecule has 5 nitrogen and oxygen atoms in total. The SMILES string of the molecule is C#CCOc1ccc2c(c1)N([O-])c1ccccc1N2[O-]. The molecule has 1 aliphatic heterocycles. The maximum absolute atomic E-state index is 12.3. The van der Waals surface area contributed by atoms with Gasteiger partial charge < -0.3 is 25.3 Å². The van der Waals surface area contributed by atoms with Crippen molar-refractivity contribution in [1.82, 2.24) is 0 Å². The fourth-order valence-electron chi connectivity index (χ4n) is 2.12. The summed E-state index contributed by atoms with van der Waals surface area (Å²) in [6.07, 6.45) is 5.12. The zero-order chi connectivity index (χ0) is 14.1. The molecule has 0 unspecified atom stereocenters. The first-order chi connectivity index (χ1) is 9.72. The van der Waals surface area contributed by atoms with E-state index in [-0.39, 0.29) is 18.0 Å². The Kier molecular flexibility index (Phi) is 2.95. The molecule has 0 aromatic heterocycles. The van der Waals surface area contributed by atoms with Crippen LogP contribution >= 0.6 is 0 Å². The van der Waals surface area contributed by atoms with Crippen LogP contribution in [0.1, 0.15) is 0 Å². The molecule has 0 radical (unpaired) electrons. The molecule has 1 aliphatic rings. The molecule has 3 rings (SSSR count). The Bertz CT molecular complexity index is 694. The summed E-state index contributed by atoms with van der Waals surface area (Å²) in [4.78, 5) is 0. The van der Waals surface area contributed by atoms with Crippen molar-refractivity contribution >= 4 is 22.7 Å². The van der Waals surface area contributed by atoms with E-state index >= 15 is 0 Å². The molecule has 0 saturated carbocycles. The van der Waals surface area contributed by atoms with Gasteiger partial charge in [-0.3, -0.25) is 0 Å². The number of fused-ring (bicyclic) bond motifs is 2. The molecular weight excluding hydrogens is 256 g/mol. The molecule has 2 aromatic rings. The molecule has 0 spiro atoms. The van der Waals surface area contributed by atoms with E-state index in [0.29, 0.717) is 17.1 Å². The van der Waals surface area contributed by atoms with Crippen LogP contribution in [0.15, 0.2) is 42.5 Å². The second-order valence-corrected chi connectivity index (χ2v) is 4.22. The van der Waals surface area contributed by atoms with E-state index in [2.05, 4.69) is 5.92 Å². The third-order valence-corrected chi connectivity index (χ3v) is 3.03. The first-order valence-electron chi connectivity index (χ1n) is 5.96. The highest BCUT2D eigenvalue weighted by Crippen LogP contribution is 2.47. The number of rotatable bonds is 2. The highest BCUT2D eigenvalue weighted by molar-refractivity contribution is 5.94. The zero-order valence-corrected chi connectivity index (χ0v) is 10.4. The van der Waals surface area contributed by atoms with Crippen LogP contribution in [0.2, 0.25) is 0 Å². The lowest BCUT2D eigenvalue weighted by atomic mass is 10.1. The largest absolute Gasteiger partial charge is 0.754 e. The van der Waals surface area contributed by atoms with E-state index in [0.717, 1.165) is 10.1 Å². The van der Waals surface area contributed by atoms with E-state index in [1.807, 2.05) is 0 Å². The monoisotopic (exact) mass is 266 g/mol. The molecule has 0 atom stereocenters. The number of nitrogens with zero attached hydrogens (tertiary/aromatic N) is 2. The van der Waals surface area contributed by atoms with Crippen molar-refractivity contribution in [3.8, 4) is 18.1 Å². The molecular formula is C15H10N2O3-2. The van der Waals surface area contributed by atoms with Crippen molar-refractivity contribution in [3.63, 3.8) is 0 Å². The molecule has 2 aromatic carbocycles. The topological polar surface area (TPSA) is 61.8 Å². The second kappa shape index (κ2) is 4.78. The highest BCUT2D eigenvalue weighted by atomic mass is 16.5. The first-order valence-corrected chi connectivity index (χ1v) is 5.96. The summed E-state index contributed by atoms with van der Waals surface area (Å²) in [5.41, 5.74) is 1.16. The molecule has 20 heavy (non-hydrogen) atoms. The smallest absolute Gasteiger partial charge is 0.148 e. The van der Waals surface area contributed by atoms with Crippen LogP contribution in [-0.4, -0.2) is 6.61 Å². The van der Waals surface area contributed by atoms with Crippen LogP contribution < -0.4 is 14.9 Å². The Morgan fingerprint density at radius 1 is 0.950 bits per heavy atom. The Balaban J connectivity index is 2.06. The summed E-state index contributed by atoms with van der Waals surface area (Å²) in [6, 6.07) is 11.3. The van der Waals surface area contributed by atoms with Gasteiger partial charge in [0.25, 0.3) is 0 Å². The average Bonchev–Trinajstić information content (AvgIpc) is 2.50. The van der Waals surface area contributed by atoms with Gasteiger partial charge in [0.1, 0.15) is 12.4 Å². The minimum atomic E-state index is 0.106. The number of ether oxygens (including phenoxy) is 1. The van der Waals surface area contributed by atoms with Crippen molar-refractivity contribution in [2.24, 2.45) is 0 Å². The standard InChI is InChI=1S/C15H10N2O3/c1-2-9-20-11-7-8-14-15(10-11)17(19)13-6-4-3-5-12(13)16(14)18/h1,3-8,10H,9H2/q-2. The quantitative estimate of drug-likeness (QED) is 0.780. The Morgan fingerprint density at radius 3 is 2.20 bits per heavy atom. The van der Waals surface area contributed by atoms with E-state index in [4.69, 9.17) is 11.2 Å². The van der Waals surface area contributed by atoms with Gasteiger partial charge in [-0.25, -0.2) is 0 Å². The van der Waals surface area contributed by atoms with Crippen LogP contribution in [0, 0.1) is 22.8 Å². The van der Waals surface area contributed by atoms with Gasteiger partial charge in [0.05, 0.1) is 22.7 Å². The molecule has 0 saturated heterocycles. The first kappa shape index (κ1) is 12.4. The number of terminal acetylenes is 1. The molecule has 1 heterocycles. The minimum absolute atomic E-state index is 0.106. The Labute approximate surface area is 116 Å². The number of para-hydroxylation sites is 2. The van der Waals surface area contributed by atoms with E-state index in [1.165, 1.54) is 6.07 Å². The Hall–Kier alpha value is -2.68. The molecule has 0 amide bonds. The average molecular weight is 266 g/mol. The predicted molar refractivity (Wildman–Crippen MR) is 78.2 cm³/mol. The lowest BCUT2D eigenvalue weighted by Gasteiger charge is -2.46. The number of benzene rings is 2. The third-order valence-electron chi connectivity index (χ3n) is 3.03. The molecule has 100 valence electrons.